The molecule has 0 bridgehead atoms. The van der Waals surface area contributed by atoms with Gasteiger partial charge in [0.1, 0.15) is 11.3 Å². The van der Waals surface area contributed by atoms with Gasteiger partial charge < -0.3 is 9.64 Å². The van der Waals surface area contributed by atoms with Crippen LogP contribution in [0.25, 0.3) is 22.4 Å². The van der Waals surface area contributed by atoms with Crippen LogP contribution < -0.4 is 0 Å². The molecule has 7 nitrogen and oxygen atoms in total. The Morgan fingerprint density at radius 3 is 2.60 bits per heavy atom. The fourth-order valence-electron chi connectivity index (χ4n) is 3.56. The summed E-state index contributed by atoms with van der Waals surface area (Å²) in [6, 6.07) is 13.5. The minimum Gasteiger partial charge on any atom is -0.444 e. The second-order valence-electron chi connectivity index (χ2n) is 8.22. The maximum atomic E-state index is 12.7. The molecule has 0 unspecified atom stereocenters. The summed E-state index contributed by atoms with van der Waals surface area (Å²) in [5.41, 5.74) is 4.54. The minimum absolute atomic E-state index is 0.330. The van der Waals surface area contributed by atoms with Crippen molar-refractivity contribution in [2.45, 2.75) is 39.5 Å². The molecule has 0 saturated heterocycles. The number of nitriles is 1. The molecule has 1 aromatic carbocycles. The molecule has 3 heterocycles. The van der Waals surface area contributed by atoms with Crippen molar-refractivity contribution in [3.8, 4) is 28.5 Å². The van der Waals surface area contributed by atoms with Gasteiger partial charge in [-0.25, -0.2) is 4.79 Å². The van der Waals surface area contributed by atoms with Crippen molar-refractivity contribution in [1.29, 1.82) is 5.26 Å². The Balaban J connectivity index is 1.80. The lowest BCUT2D eigenvalue weighted by atomic mass is 9.98. The van der Waals surface area contributed by atoms with Crippen LogP contribution in [0.3, 0.4) is 0 Å². The maximum absolute atomic E-state index is 12.7. The lowest BCUT2D eigenvalue weighted by molar-refractivity contribution is 0.0195. The van der Waals surface area contributed by atoms with E-state index in [0.29, 0.717) is 25.2 Å². The first-order chi connectivity index (χ1) is 14.4. The number of pyridine rings is 1. The van der Waals surface area contributed by atoms with E-state index >= 15 is 0 Å². The van der Waals surface area contributed by atoms with Crippen molar-refractivity contribution >= 4 is 6.09 Å². The van der Waals surface area contributed by atoms with Gasteiger partial charge in [0.05, 0.1) is 30.4 Å². The lowest BCUT2D eigenvalue weighted by Gasteiger charge is -2.30. The molecule has 0 N–H and O–H groups in total. The van der Waals surface area contributed by atoms with Crippen LogP contribution in [0, 0.1) is 11.3 Å². The van der Waals surface area contributed by atoms with E-state index in [1.54, 1.807) is 23.4 Å². The van der Waals surface area contributed by atoms with Crippen LogP contribution in [0.2, 0.25) is 0 Å². The fraction of sp³-hybridized carbons (Fsp3) is 0.304. The summed E-state index contributed by atoms with van der Waals surface area (Å²) in [6.07, 6.45) is 3.15. The molecule has 0 aliphatic carbocycles. The molecule has 1 amide bonds. The summed E-state index contributed by atoms with van der Waals surface area (Å²) in [5, 5.41) is 14.2. The Morgan fingerprint density at radius 1 is 1.13 bits per heavy atom. The quantitative estimate of drug-likeness (QED) is 0.641. The average molecular weight is 401 g/mol. The number of rotatable bonds is 2. The first-order valence-corrected chi connectivity index (χ1v) is 9.84. The molecular weight excluding hydrogens is 378 g/mol. The van der Waals surface area contributed by atoms with E-state index in [-0.39, 0.29) is 6.09 Å². The van der Waals surface area contributed by atoms with Crippen LogP contribution in [-0.4, -0.2) is 37.9 Å². The van der Waals surface area contributed by atoms with Crippen LogP contribution in [0.1, 0.15) is 32.0 Å². The van der Waals surface area contributed by atoms with E-state index in [1.807, 2.05) is 55.8 Å². The smallest absolute Gasteiger partial charge is 0.410 e. The van der Waals surface area contributed by atoms with Crippen LogP contribution in [0.5, 0.6) is 0 Å². The number of hydrogen-bond donors (Lipinski definition) is 0. The Morgan fingerprint density at radius 2 is 1.90 bits per heavy atom. The SMILES string of the molecule is CC(C)(C)OC(=O)N1CCn2nc(-c3cccc(C#N)c3)c(-c3ccncc3)c2C1. The monoisotopic (exact) mass is 401 g/mol. The van der Waals surface area contributed by atoms with Gasteiger partial charge in [0, 0.05) is 30.1 Å². The zero-order valence-corrected chi connectivity index (χ0v) is 17.3. The maximum Gasteiger partial charge on any atom is 0.410 e. The van der Waals surface area contributed by atoms with Gasteiger partial charge in [-0.15, -0.1) is 0 Å². The molecule has 7 heteroatoms. The predicted molar refractivity (Wildman–Crippen MR) is 112 cm³/mol. The molecule has 152 valence electrons. The van der Waals surface area contributed by atoms with E-state index in [9.17, 15) is 10.1 Å². The summed E-state index contributed by atoms with van der Waals surface area (Å²) >= 11 is 0. The highest BCUT2D eigenvalue weighted by molar-refractivity contribution is 5.83. The number of carbonyl (C=O) groups excluding carboxylic acids is 1. The summed E-state index contributed by atoms with van der Waals surface area (Å²) in [6.45, 7) is 7.09. The zero-order valence-electron chi connectivity index (χ0n) is 17.3. The van der Waals surface area contributed by atoms with Crippen molar-refractivity contribution in [2.75, 3.05) is 6.54 Å². The number of amides is 1. The van der Waals surface area contributed by atoms with Crippen molar-refractivity contribution < 1.29 is 9.53 Å². The molecule has 4 rings (SSSR count). The van der Waals surface area contributed by atoms with E-state index < -0.39 is 5.60 Å². The summed E-state index contributed by atoms with van der Waals surface area (Å²) in [4.78, 5) is 18.5. The molecule has 0 saturated carbocycles. The summed E-state index contributed by atoms with van der Waals surface area (Å²) in [7, 11) is 0. The van der Waals surface area contributed by atoms with Crippen molar-refractivity contribution in [2.24, 2.45) is 0 Å². The molecule has 30 heavy (non-hydrogen) atoms. The Kier molecular flexibility index (Phi) is 5.00. The standard InChI is InChI=1S/C23H23N5O2/c1-23(2,3)30-22(29)27-11-12-28-19(15-27)20(17-7-9-25-10-8-17)21(26-28)18-6-4-5-16(13-18)14-24/h4-10,13H,11-12,15H2,1-3H3. The first kappa shape index (κ1) is 19.6. The third-order valence-electron chi connectivity index (χ3n) is 4.87. The molecule has 0 atom stereocenters. The van der Waals surface area contributed by atoms with E-state index in [4.69, 9.17) is 9.84 Å². The number of carbonyl (C=O) groups is 1. The Bertz CT molecular complexity index is 1120. The van der Waals surface area contributed by atoms with E-state index in [1.165, 1.54) is 0 Å². The van der Waals surface area contributed by atoms with Crippen molar-refractivity contribution in [3.05, 3.63) is 60.0 Å². The third-order valence-corrected chi connectivity index (χ3v) is 4.87. The average Bonchev–Trinajstić information content (AvgIpc) is 3.12. The minimum atomic E-state index is -0.550. The molecule has 1 aliphatic heterocycles. The Labute approximate surface area is 175 Å². The van der Waals surface area contributed by atoms with Gasteiger partial charge in [0.15, 0.2) is 0 Å². The number of hydrogen-bond acceptors (Lipinski definition) is 5. The zero-order chi connectivity index (χ0) is 21.3. The van der Waals surface area contributed by atoms with Crippen LogP contribution in [0.4, 0.5) is 4.79 Å². The normalized spacial score (nSPS) is 13.5. The highest BCUT2D eigenvalue weighted by Crippen LogP contribution is 2.36. The van der Waals surface area contributed by atoms with Gasteiger partial charge in [-0.2, -0.15) is 10.4 Å². The first-order valence-electron chi connectivity index (χ1n) is 9.84. The van der Waals surface area contributed by atoms with Crippen LogP contribution in [0.15, 0.2) is 48.8 Å². The highest BCUT2D eigenvalue weighted by Gasteiger charge is 2.30. The largest absolute Gasteiger partial charge is 0.444 e. The molecule has 0 fully saturated rings. The second kappa shape index (κ2) is 7.64. The summed E-state index contributed by atoms with van der Waals surface area (Å²) in [5.74, 6) is 0. The highest BCUT2D eigenvalue weighted by atomic mass is 16.6. The topological polar surface area (TPSA) is 84.0 Å². The van der Waals surface area contributed by atoms with Crippen LogP contribution in [-0.2, 0) is 17.8 Å². The fourth-order valence-corrected chi connectivity index (χ4v) is 3.56. The molecule has 2 aromatic heterocycles. The van der Waals surface area contributed by atoms with Crippen molar-refractivity contribution in [3.63, 3.8) is 0 Å². The lowest BCUT2D eigenvalue weighted by Crippen LogP contribution is -2.41. The Hall–Kier alpha value is -3.66. The second-order valence-corrected chi connectivity index (χ2v) is 8.22. The third kappa shape index (κ3) is 3.90. The number of fused-ring (bicyclic) bond motifs is 1. The molecular formula is C23H23N5O2. The van der Waals surface area contributed by atoms with Gasteiger partial charge in [-0.05, 0) is 50.6 Å². The van der Waals surface area contributed by atoms with Gasteiger partial charge in [-0.3, -0.25) is 9.67 Å². The molecule has 0 spiro atoms. The van der Waals surface area contributed by atoms with Gasteiger partial charge >= 0.3 is 6.09 Å². The molecule has 3 aromatic rings. The number of ether oxygens (including phenoxy) is 1. The molecule has 0 radical (unpaired) electrons. The number of aromatic nitrogens is 3. The number of nitrogens with zero attached hydrogens (tertiary/aromatic N) is 5. The van der Waals surface area contributed by atoms with Gasteiger partial charge in [0.2, 0.25) is 0 Å². The van der Waals surface area contributed by atoms with Gasteiger partial charge in [0.25, 0.3) is 0 Å². The van der Waals surface area contributed by atoms with E-state index in [2.05, 4.69) is 11.1 Å². The molecule has 1 aliphatic rings. The van der Waals surface area contributed by atoms with Gasteiger partial charge in [-0.1, -0.05) is 12.1 Å². The predicted octanol–water partition coefficient (Wildman–Crippen LogP) is 4.23. The van der Waals surface area contributed by atoms with Crippen LogP contribution >= 0.6 is 0 Å². The van der Waals surface area contributed by atoms with Crippen molar-refractivity contribution in [1.82, 2.24) is 19.7 Å². The summed E-state index contributed by atoms with van der Waals surface area (Å²) < 4.78 is 7.52. The number of benzene rings is 1. The van der Waals surface area contributed by atoms with E-state index in [0.717, 1.165) is 28.1 Å².